The van der Waals surface area contributed by atoms with Crippen molar-refractivity contribution in [1.82, 2.24) is 4.98 Å². The zero-order valence-corrected chi connectivity index (χ0v) is 15.8. The molecule has 0 fully saturated rings. The van der Waals surface area contributed by atoms with Crippen LogP contribution in [0.4, 0.5) is 15.8 Å². The SMILES string of the molecule is CN(C)c1ccc(-c2cc3nccc(Oc4ccc(N)cc4F)c3s2)cc1. The number of thiophene rings is 1. The van der Waals surface area contributed by atoms with Gasteiger partial charge in [-0.05, 0) is 35.9 Å². The van der Waals surface area contributed by atoms with Crippen LogP contribution >= 0.6 is 11.3 Å². The molecular weight excluding hydrogens is 361 g/mol. The number of halogens is 1. The zero-order valence-electron chi connectivity index (χ0n) is 14.9. The van der Waals surface area contributed by atoms with Gasteiger partial charge >= 0.3 is 0 Å². The molecule has 0 aliphatic rings. The van der Waals surface area contributed by atoms with Crippen LogP contribution in [-0.4, -0.2) is 19.1 Å². The number of hydrogen-bond acceptors (Lipinski definition) is 5. The van der Waals surface area contributed by atoms with Crippen LogP contribution in [0.5, 0.6) is 11.5 Å². The molecule has 2 N–H and O–H groups in total. The van der Waals surface area contributed by atoms with E-state index in [-0.39, 0.29) is 5.75 Å². The summed E-state index contributed by atoms with van der Waals surface area (Å²) >= 11 is 1.57. The van der Waals surface area contributed by atoms with Gasteiger partial charge in [0.25, 0.3) is 0 Å². The molecule has 4 nitrogen and oxygen atoms in total. The van der Waals surface area contributed by atoms with Crippen molar-refractivity contribution in [3.05, 3.63) is 66.6 Å². The number of pyridine rings is 1. The number of fused-ring (bicyclic) bond motifs is 1. The van der Waals surface area contributed by atoms with E-state index in [1.54, 1.807) is 29.7 Å². The maximum atomic E-state index is 14.1. The molecule has 0 aliphatic heterocycles. The normalized spacial score (nSPS) is 10.9. The third kappa shape index (κ3) is 3.44. The molecule has 6 heteroatoms. The summed E-state index contributed by atoms with van der Waals surface area (Å²) in [6, 6.07) is 16.5. The Balaban J connectivity index is 1.71. The van der Waals surface area contributed by atoms with E-state index in [2.05, 4.69) is 34.1 Å². The van der Waals surface area contributed by atoms with Gasteiger partial charge in [-0.15, -0.1) is 11.3 Å². The highest BCUT2D eigenvalue weighted by molar-refractivity contribution is 7.22. The van der Waals surface area contributed by atoms with Crippen LogP contribution in [0.2, 0.25) is 0 Å². The standard InChI is InChI=1S/C21H18FN3OS/c1-25(2)15-6-3-13(4-7-15)20-12-17-21(27-20)19(9-10-24-17)26-18-8-5-14(23)11-16(18)22/h3-12H,23H2,1-2H3. The Morgan fingerprint density at radius 1 is 1.00 bits per heavy atom. The van der Waals surface area contributed by atoms with Crippen LogP contribution in [-0.2, 0) is 0 Å². The molecule has 2 heterocycles. The molecular formula is C21H18FN3OS. The van der Waals surface area contributed by atoms with Crippen molar-refractivity contribution in [3.8, 4) is 21.9 Å². The number of benzene rings is 2. The number of aromatic nitrogens is 1. The first-order chi connectivity index (χ1) is 13.0. The van der Waals surface area contributed by atoms with Crippen molar-refractivity contribution in [2.24, 2.45) is 0 Å². The predicted octanol–water partition coefficient (Wildman–Crippen LogP) is 5.54. The minimum absolute atomic E-state index is 0.141. The molecule has 0 unspecified atom stereocenters. The Morgan fingerprint density at radius 2 is 1.78 bits per heavy atom. The van der Waals surface area contributed by atoms with Gasteiger partial charge in [0.1, 0.15) is 5.75 Å². The van der Waals surface area contributed by atoms with Gasteiger partial charge in [-0.1, -0.05) is 12.1 Å². The lowest BCUT2D eigenvalue weighted by Crippen LogP contribution is -2.07. The number of rotatable bonds is 4. The average Bonchev–Trinajstić information content (AvgIpc) is 3.09. The number of nitrogens with two attached hydrogens (primary N) is 1. The molecule has 0 bridgehead atoms. The second-order valence-corrected chi connectivity index (χ2v) is 7.42. The van der Waals surface area contributed by atoms with E-state index in [1.165, 1.54) is 12.1 Å². The fourth-order valence-corrected chi connectivity index (χ4v) is 3.85. The highest BCUT2D eigenvalue weighted by Gasteiger charge is 2.13. The number of nitrogens with zero attached hydrogens (tertiary/aromatic N) is 2. The lowest BCUT2D eigenvalue weighted by atomic mass is 10.1. The summed E-state index contributed by atoms with van der Waals surface area (Å²) in [6.45, 7) is 0. The van der Waals surface area contributed by atoms with E-state index in [0.717, 1.165) is 26.3 Å². The van der Waals surface area contributed by atoms with Gasteiger partial charge in [-0.25, -0.2) is 4.39 Å². The van der Waals surface area contributed by atoms with Gasteiger partial charge < -0.3 is 15.4 Å². The molecule has 0 spiro atoms. The predicted molar refractivity (Wildman–Crippen MR) is 110 cm³/mol. The monoisotopic (exact) mass is 379 g/mol. The summed E-state index contributed by atoms with van der Waals surface area (Å²) < 4.78 is 20.8. The van der Waals surface area contributed by atoms with Gasteiger partial charge in [-0.3, -0.25) is 4.98 Å². The fraction of sp³-hybridized carbons (Fsp3) is 0.0952. The Morgan fingerprint density at radius 3 is 2.48 bits per heavy atom. The van der Waals surface area contributed by atoms with E-state index in [9.17, 15) is 4.39 Å². The number of ether oxygens (including phenoxy) is 1. The number of hydrogen-bond donors (Lipinski definition) is 1. The quantitative estimate of drug-likeness (QED) is 0.473. The molecule has 0 saturated carbocycles. The van der Waals surface area contributed by atoms with Crippen molar-refractivity contribution in [2.45, 2.75) is 0 Å². The van der Waals surface area contributed by atoms with E-state index in [1.807, 2.05) is 20.2 Å². The number of anilines is 2. The van der Waals surface area contributed by atoms with E-state index >= 15 is 0 Å². The zero-order chi connectivity index (χ0) is 19.0. The fourth-order valence-electron chi connectivity index (χ4n) is 2.78. The molecule has 2 aromatic heterocycles. The summed E-state index contributed by atoms with van der Waals surface area (Å²) in [7, 11) is 4.02. The highest BCUT2D eigenvalue weighted by Crippen LogP contribution is 2.39. The molecule has 2 aromatic carbocycles. The molecule has 0 amide bonds. The van der Waals surface area contributed by atoms with Crippen LogP contribution in [0, 0.1) is 5.82 Å². The van der Waals surface area contributed by atoms with Crippen molar-refractivity contribution in [1.29, 1.82) is 0 Å². The van der Waals surface area contributed by atoms with Crippen LogP contribution < -0.4 is 15.4 Å². The Labute approximate surface area is 160 Å². The van der Waals surface area contributed by atoms with Gasteiger partial charge in [0.2, 0.25) is 0 Å². The first-order valence-corrected chi connectivity index (χ1v) is 9.22. The molecule has 0 saturated heterocycles. The van der Waals surface area contributed by atoms with Crippen LogP contribution in [0.3, 0.4) is 0 Å². The average molecular weight is 379 g/mol. The second-order valence-electron chi connectivity index (χ2n) is 6.37. The van der Waals surface area contributed by atoms with E-state index in [0.29, 0.717) is 11.4 Å². The van der Waals surface area contributed by atoms with Gasteiger partial charge in [0.05, 0.1) is 10.2 Å². The molecule has 4 rings (SSSR count). The Bertz CT molecular complexity index is 1110. The third-order valence-corrected chi connectivity index (χ3v) is 5.41. The van der Waals surface area contributed by atoms with Gasteiger partial charge in [0.15, 0.2) is 11.6 Å². The van der Waals surface area contributed by atoms with Gasteiger partial charge in [0, 0.05) is 48.7 Å². The molecule has 0 aliphatic carbocycles. The maximum absolute atomic E-state index is 14.1. The first kappa shape index (κ1) is 17.3. The smallest absolute Gasteiger partial charge is 0.167 e. The van der Waals surface area contributed by atoms with Crippen molar-refractivity contribution in [2.75, 3.05) is 24.7 Å². The largest absolute Gasteiger partial charge is 0.453 e. The van der Waals surface area contributed by atoms with Crippen LogP contribution in [0.15, 0.2) is 60.8 Å². The lowest BCUT2D eigenvalue weighted by Gasteiger charge is -2.12. The third-order valence-electron chi connectivity index (χ3n) is 4.22. The van der Waals surface area contributed by atoms with Crippen molar-refractivity contribution in [3.63, 3.8) is 0 Å². The Hall–Kier alpha value is -3.12. The highest BCUT2D eigenvalue weighted by atomic mass is 32.1. The summed E-state index contributed by atoms with van der Waals surface area (Å²) in [5.74, 6) is 0.225. The molecule has 0 atom stereocenters. The Kier molecular flexibility index (Phi) is 4.41. The minimum Gasteiger partial charge on any atom is -0.453 e. The van der Waals surface area contributed by atoms with Crippen molar-refractivity contribution < 1.29 is 9.13 Å². The van der Waals surface area contributed by atoms with Crippen LogP contribution in [0.25, 0.3) is 20.7 Å². The molecule has 136 valence electrons. The lowest BCUT2D eigenvalue weighted by molar-refractivity contribution is 0.447. The summed E-state index contributed by atoms with van der Waals surface area (Å²) in [4.78, 5) is 7.56. The molecule has 27 heavy (non-hydrogen) atoms. The van der Waals surface area contributed by atoms with Crippen molar-refractivity contribution >= 4 is 32.9 Å². The summed E-state index contributed by atoms with van der Waals surface area (Å²) in [5, 5.41) is 0. The summed E-state index contributed by atoms with van der Waals surface area (Å²) in [6.07, 6.45) is 1.67. The summed E-state index contributed by atoms with van der Waals surface area (Å²) in [5.41, 5.74) is 9.03. The molecule has 4 aromatic rings. The van der Waals surface area contributed by atoms with E-state index in [4.69, 9.17) is 10.5 Å². The van der Waals surface area contributed by atoms with E-state index < -0.39 is 5.82 Å². The maximum Gasteiger partial charge on any atom is 0.167 e. The molecule has 0 radical (unpaired) electrons. The second kappa shape index (κ2) is 6.89. The topological polar surface area (TPSA) is 51.4 Å². The minimum atomic E-state index is -0.490. The first-order valence-electron chi connectivity index (χ1n) is 8.40. The van der Waals surface area contributed by atoms with Gasteiger partial charge in [-0.2, -0.15) is 0 Å². The van der Waals surface area contributed by atoms with Crippen LogP contribution in [0.1, 0.15) is 0 Å². The number of nitrogen functional groups attached to an aromatic ring is 1.